The Hall–Kier alpha value is -4.01. The van der Waals surface area contributed by atoms with Crippen LogP contribution in [0, 0.1) is 5.82 Å². The van der Waals surface area contributed by atoms with Gasteiger partial charge in [0, 0.05) is 17.7 Å². The highest BCUT2D eigenvalue weighted by Crippen LogP contribution is 2.32. The minimum absolute atomic E-state index is 0.284. The van der Waals surface area contributed by atoms with Gasteiger partial charge in [-0.15, -0.1) is 0 Å². The number of carbonyl (C=O) groups is 1. The molecule has 0 fully saturated rings. The average molecular weight is 404 g/mol. The average Bonchev–Trinajstić information content (AvgIpc) is 3.43. The number of hydrogen-bond donors (Lipinski definition) is 2. The highest BCUT2D eigenvalue weighted by atomic mass is 19.1. The van der Waals surface area contributed by atoms with E-state index in [1.807, 2.05) is 30.3 Å². The second-order valence-electron chi connectivity index (χ2n) is 6.93. The van der Waals surface area contributed by atoms with Crippen molar-refractivity contribution in [1.82, 2.24) is 25.0 Å². The lowest BCUT2D eigenvalue weighted by atomic mass is 10.0. The zero-order valence-corrected chi connectivity index (χ0v) is 15.7. The van der Waals surface area contributed by atoms with Crippen molar-refractivity contribution in [3.8, 4) is 11.4 Å². The lowest BCUT2D eigenvalue weighted by Crippen LogP contribution is -2.41. The van der Waals surface area contributed by atoms with Gasteiger partial charge in [-0.2, -0.15) is 4.98 Å². The number of anilines is 1. The van der Waals surface area contributed by atoms with Crippen molar-refractivity contribution in [3.05, 3.63) is 84.0 Å². The number of para-hydroxylation sites is 1. The molecule has 2 N–H and O–H groups in total. The lowest BCUT2D eigenvalue weighted by molar-refractivity contribution is 0.155. The Morgan fingerprint density at radius 3 is 2.77 bits per heavy atom. The van der Waals surface area contributed by atoms with Crippen molar-refractivity contribution in [2.45, 2.75) is 19.0 Å². The van der Waals surface area contributed by atoms with Crippen LogP contribution in [0.15, 0.2) is 65.4 Å². The molecule has 150 valence electrons. The van der Waals surface area contributed by atoms with Crippen LogP contribution in [-0.4, -0.2) is 31.0 Å². The van der Waals surface area contributed by atoms with Gasteiger partial charge in [-0.25, -0.2) is 14.2 Å². The maximum Gasteiger partial charge on any atom is 0.322 e. The maximum atomic E-state index is 13.2. The molecule has 2 aromatic heterocycles. The van der Waals surface area contributed by atoms with Gasteiger partial charge in [0.2, 0.25) is 11.7 Å². The fraction of sp³-hybridized carbons (Fsp3) is 0.143. The van der Waals surface area contributed by atoms with Gasteiger partial charge in [0.15, 0.2) is 0 Å². The van der Waals surface area contributed by atoms with Crippen LogP contribution in [0.25, 0.3) is 11.4 Å². The number of aromatic amines is 1. The lowest BCUT2D eigenvalue weighted by Gasteiger charge is -2.32. The Morgan fingerprint density at radius 2 is 1.97 bits per heavy atom. The monoisotopic (exact) mass is 404 g/mol. The van der Waals surface area contributed by atoms with Gasteiger partial charge in [0.1, 0.15) is 11.9 Å². The van der Waals surface area contributed by atoms with E-state index in [2.05, 4.69) is 25.4 Å². The number of nitrogens with zero attached hydrogens (tertiary/aromatic N) is 4. The van der Waals surface area contributed by atoms with E-state index in [9.17, 15) is 9.18 Å². The van der Waals surface area contributed by atoms with Gasteiger partial charge in [-0.05, 0) is 36.4 Å². The first-order chi connectivity index (χ1) is 14.7. The van der Waals surface area contributed by atoms with E-state index in [4.69, 9.17) is 4.52 Å². The van der Waals surface area contributed by atoms with Crippen molar-refractivity contribution in [2.24, 2.45) is 0 Å². The van der Waals surface area contributed by atoms with Gasteiger partial charge in [0.05, 0.1) is 24.3 Å². The van der Waals surface area contributed by atoms with Crippen LogP contribution in [0.3, 0.4) is 0 Å². The zero-order chi connectivity index (χ0) is 20.5. The molecule has 2 aromatic carbocycles. The van der Waals surface area contributed by atoms with Gasteiger partial charge < -0.3 is 19.7 Å². The van der Waals surface area contributed by atoms with E-state index < -0.39 is 6.04 Å². The number of fused-ring (bicyclic) bond motifs is 1. The van der Waals surface area contributed by atoms with E-state index >= 15 is 0 Å². The number of H-pyrrole nitrogens is 1. The molecule has 8 nitrogen and oxygen atoms in total. The smallest absolute Gasteiger partial charge is 0.322 e. The van der Waals surface area contributed by atoms with Crippen LogP contribution in [0.1, 0.15) is 23.3 Å². The van der Waals surface area contributed by atoms with Crippen molar-refractivity contribution in [3.63, 3.8) is 0 Å². The Balaban J connectivity index is 1.45. The summed E-state index contributed by atoms with van der Waals surface area (Å²) in [5.74, 6) is 0.289. The standard InChI is InChI=1S/C21H17FN6O2/c22-14-8-6-13(7-9-14)19-26-20(30-27-19)18-10-16-17(24-12-23-16)11-28(18)21(29)25-15-4-2-1-3-5-15/h1-9,12,18H,10-11H2,(H,23,24)(H,25,29)/t18-/m0/s1. The maximum absolute atomic E-state index is 13.2. The number of benzene rings is 2. The number of halogens is 1. The molecular weight excluding hydrogens is 387 g/mol. The molecule has 2 amide bonds. The van der Waals surface area contributed by atoms with Crippen LogP contribution in [0.5, 0.6) is 0 Å². The molecule has 5 rings (SSSR count). The molecule has 0 bridgehead atoms. The Labute approximate surface area is 170 Å². The normalized spacial score (nSPS) is 15.6. The molecule has 4 aromatic rings. The summed E-state index contributed by atoms with van der Waals surface area (Å²) >= 11 is 0. The summed E-state index contributed by atoms with van der Waals surface area (Å²) in [6.07, 6.45) is 2.05. The van der Waals surface area contributed by atoms with Gasteiger partial charge in [-0.1, -0.05) is 23.4 Å². The second-order valence-corrected chi connectivity index (χ2v) is 6.93. The predicted octanol–water partition coefficient (Wildman–Crippen LogP) is 3.93. The summed E-state index contributed by atoms with van der Waals surface area (Å²) in [6.45, 7) is 0.326. The molecule has 0 saturated carbocycles. The molecule has 3 heterocycles. The summed E-state index contributed by atoms with van der Waals surface area (Å²) in [5, 5.41) is 6.92. The third kappa shape index (κ3) is 3.41. The van der Waals surface area contributed by atoms with Crippen LogP contribution < -0.4 is 5.32 Å². The Kier molecular flexibility index (Phi) is 4.47. The first kappa shape index (κ1) is 18.0. The van der Waals surface area contributed by atoms with Gasteiger partial charge in [0.25, 0.3) is 0 Å². The fourth-order valence-electron chi connectivity index (χ4n) is 3.47. The Morgan fingerprint density at radius 1 is 1.17 bits per heavy atom. The molecule has 1 atom stereocenters. The number of hydrogen-bond acceptors (Lipinski definition) is 5. The summed E-state index contributed by atoms with van der Waals surface area (Å²) in [6, 6.07) is 14.3. The molecule has 0 aliphatic carbocycles. The largest absolute Gasteiger partial charge is 0.347 e. The number of aromatic nitrogens is 4. The molecule has 0 radical (unpaired) electrons. The van der Waals surface area contributed by atoms with Crippen LogP contribution in [-0.2, 0) is 13.0 Å². The van der Waals surface area contributed by atoms with Crippen molar-refractivity contribution < 1.29 is 13.7 Å². The molecule has 9 heteroatoms. The summed E-state index contributed by atoms with van der Waals surface area (Å²) in [4.78, 5) is 26.6. The highest BCUT2D eigenvalue weighted by Gasteiger charge is 2.36. The molecule has 30 heavy (non-hydrogen) atoms. The fourth-order valence-corrected chi connectivity index (χ4v) is 3.47. The van der Waals surface area contributed by atoms with E-state index in [0.29, 0.717) is 35.9 Å². The van der Waals surface area contributed by atoms with E-state index in [1.54, 1.807) is 23.4 Å². The second kappa shape index (κ2) is 7.43. The van der Waals surface area contributed by atoms with E-state index in [1.165, 1.54) is 12.1 Å². The summed E-state index contributed by atoms with van der Waals surface area (Å²) in [7, 11) is 0. The van der Waals surface area contributed by atoms with Crippen molar-refractivity contribution in [2.75, 3.05) is 5.32 Å². The molecule has 1 aliphatic rings. The third-order valence-electron chi connectivity index (χ3n) is 5.01. The Bertz CT molecular complexity index is 1170. The van der Waals surface area contributed by atoms with Crippen LogP contribution in [0.4, 0.5) is 14.9 Å². The predicted molar refractivity (Wildman–Crippen MR) is 106 cm³/mol. The van der Waals surface area contributed by atoms with E-state index in [0.717, 1.165) is 11.4 Å². The quantitative estimate of drug-likeness (QED) is 0.539. The molecule has 1 aliphatic heterocycles. The number of amides is 2. The van der Waals surface area contributed by atoms with Crippen molar-refractivity contribution >= 4 is 11.7 Å². The topological polar surface area (TPSA) is 99.9 Å². The molecule has 0 spiro atoms. The first-order valence-corrected chi connectivity index (χ1v) is 9.41. The number of urea groups is 1. The van der Waals surface area contributed by atoms with Crippen LogP contribution >= 0.6 is 0 Å². The molecular formula is C21H17FN6O2. The SMILES string of the molecule is O=C(Nc1ccccc1)N1Cc2[nH]cnc2C[C@H]1c1nc(-c2ccc(F)cc2)no1. The number of imidazole rings is 1. The summed E-state index contributed by atoms with van der Waals surface area (Å²) < 4.78 is 18.7. The van der Waals surface area contributed by atoms with Gasteiger partial charge >= 0.3 is 6.03 Å². The summed E-state index contributed by atoms with van der Waals surface area (Å²) in [5.41, 5.74) is 3.04. The van der Waals surface area contributed by atoms with Crippen molar-refractivity contribution in [1.29, 1.82) is 0 Å². The zero-order valence-electron chi connectivity index (χ0n) is 15.7. The minimum Gasteiger partial charge on any atom is -0.347 e. The third-order valence-corrected chi connectivity index (χ3v) is 5.01. The number of rotatable bonds is 3. The molecule has 0 unspecified atom stereocenters. The minimum atomic E-state index is -0.480. The first-order valence-electron chi connectivity index (χ1n) is 9.41. The highest BCUT2D eigenvalue weighted by molar-refractivity contribution is 5.89. The number of nitrogens with one attached hydrogen (secondary N) is 2. The number of carbonyl (C=O) groups excluding carboxylic acids is 1. The van der Waals surface area contributed by atoms with Gasteiger partial charge in [-0.3, -0.25) is 0 Å². The van der Waals surface area contributed by atoms with E-state index in [-0.39, 0.29) is 11.8 Å². The van der Waals surface area contributed by atoms with Crippen LogP contribution in [0.2, 0.25) is 0 Å². The molecule has 0 saturated heterocycles.